The van der Waals surface area contributed by atoms with Crippen LogP contribution < -0.4 is 5.32 Å². The minimum Gasteiger partial charge on any atom is -0.352 e. The molecule has 1 fully saturated rings. The lowest BCUT2D eigenvalue weighted by molar-refractivity contribution is -0.139. The minimum atomic E-state index is -0.438. The van der Waals surface area contributed by atoms with E-state index in [9.17, 15) is 9.59 Å². The van der Waals surface area contributed by atoms with Crippen LogP contribution in [0.1, 0.15) is 55.7 Å². The predicted octanol–water partition coefficient (Wildman–Crippen LogP) is 5.09. The third kappa shape index (κ3) is 6.86. The first-order valence-corrected chi connectivity index (χ1v) is 12.5. The number of nitrogens with zero attached hydrogens (tertiary/aromatic N) is 1. The second-order valence-corrected chi connectivity index (χ2v) is 9.33. The number of hydrogen-bond acceptors (Lipinski definition) is 3. The highest BCUT2D eigenvalue weighted by Gasteiger charge is 2.30. The summed E-state index contributed by atoms with van der Waals surface area (Å²) in [5.74, 6) is 1.18. The van der Waals surface area contributed by atoms with Gasteiger partial charge < -0.3 is 10.2 Å². The number of benzene rings is 2. The number of nitrogens with one attached hydrogen (secondary N) is 1. The van der Waals surface area contributed by atoms with Crippen molar-refractivity contribution in [2.75, 3.05) is 5.75 Å². The molecular weight excluding hydrogens is 404 g/mol. The standard InChI is InChI=1S/C26H34N2O2S/c1-3-24(26(30)27-23-15-9-10-16-23)28(17-21-12-5-4-6-13-21)25(29)19-31-18-22-14-8-7-11-20(22)2/h4-8,11-14,23-24H,3,9-10,15-19H2,1-2H3,(H,27,30)/t24-/m1/s1. The van der Waals surface area contributed by atoms with Crippen molar-refractivity contribution < 1.29 is 9.59 Å². The molecule has 0 aliphatic heterocycles. The Balaban J connectivity index is 1.68. The van der Waals surface area contributed by atoms with E-state index < -0.39 is 6.04 Å². The van der Waals surface area contributed by atoms with Crippen LogP contribution in [0.2, 0.25) is 0 Å². The molecule has 166 valence electrons. The molecule has 1 atom stereocenters. The third-order valence-electron chi connectivity index (χ3n) is 6.03. The van der Waals surface area contributed by atoms with Crippen molar-refractivity contribution in [3.05, 3.63) is 71.3 Å². The molecule has 0 heterocycles. The Labute approximate surface area is 190 Å². The van der Waals surface area contributed by atoms with E-state index in [2.05, 4.69) is 24.4 Å². The van der Waals surface area contributed by atoms with Crippen LogP contribution in [0.15, 0.2) is 54.6 Å². The molecule has 1 aliphatic rings. The quantitative estimate of drug-likeness (QED) is 0.562. The van der Waals surface area contributed by atoms with Crippen LogP contribution >= 0.6 is 11.8 Å². The van der Waals surface area contributed by atoms with Crippen LogP contribution in [0.3, 0.4) is 0 Å². The molecule has 0 saturated heterocycles. The van der Waals surface area contributed by atoms with E-state index in [0.717, 1.165) is 24.2 Å². The molecule has 0 radical (unpaired) electrons. The van der Waals surface area contributed by atoms with Crippen molar-refractivity contribution in [3.8, 4) is 0 Å². The molecule has 3 rings (SSSR count). The molecule has 4 nitrogen and oxygen atoms in total. The summed E-state index contributed by atoms with van der Waals surface area (Å²) in [7, 11) is 0. The predicted molar refractivity (Wildman–Crippen MR) is 129 cm³/mol. The fourth-order valence-electron chi connectivity index (χ4n) is 4.17. The first-order chi connectivity index (χ1) is 15.1. The highest BCUT2D eigenvalue weighted by atomic mass is 32.2. The number of thioether (sulfide) groups is 1. The number of hydrogen-bond donors (Lipinski definition) is 1. The Hall–Kier alpha value is -2.27. The Morgan fingerprint density at radius 1 is 1.06 bits per heavy atom. The Morgan fingerprint density at radius 2 is 1.74 bits per heavy atom. The van der Waals surface area contributed by atoms with Gasteiger partial charge in [-0.25, -0.2) is 0 Å². The molecule has 0 unspecified atom stereocenters. The van der Waals surface area contributed by atoms with E-state index in [1.54, 1.807) is 16.7 Å². The maximum Gasteiger partial charge on any atom is 0.243 e. The highest BCUT2D eigenvalue weighted by molar-refractivity contribution is 7.99. The summed E-state index contributed by atoms with van der Waals surface area (Å²) in [5, 5.41) is 3.20. The van der Waals surface area contributed by atoms with Crippen molar-refractivity contribution >= 4 is 23.6 Å². The maximum absolute atomic E-state index is 13.3. The Kier molecular flexibility index (Phi) is 9.01. The average molecular weight is 439 g/mol. The van der Waals surface area contributed by atoms with Gasteiger partial charge in [0.05, 0.1) is 5.75 Å². The number of carbonyl (C=O) groups excluding carboxylic acids is 2. The van der Waals surface area contributed by atoms with Crippen molar-refractivity contribution in [2.24, 2.45) is 0 Å². The van der Waals surface area contributed by atoms with E-state index >= 15 is 0 Å². The summed E-state index contributed by atoms with van der Waals surface area (Å²) in [4.78, 5) is 28.2. The smallest absolute Gasteiger partial charge is 0.243 e. The summed E-state index contributed by atoms with van der Waals surface area (Å²) >= 11 is 1.62. The van der Waals surface area contributed by atoms with Crippen LogP contribution in [0, 0.1) is 6.92 Å². The molecule has 1 aliphatic carbocycles. The molecule has 1 saturated carbocycles. The van der Waals surface area contributed by atoms with Gasteiger partial charge in [-0.2, -0.15) is 0 Å². The largest absolute Gasteiger partial charge is 0.352 e. The summed E-state index contributed by atoms with van der Waals surface area (Å²) in [5.41, 5.74) is 3.54. The van der Waals surface area contributed by atoms with Crippen LogP contribution in [0.5, 0.6) is 0 Å². The number of carbonyl (C=O) groups is 2. The highest BCUT2D eigenvalue weighted by Crippen LogP contribution is 2.21. The molecular formula is C26H34N2O2S. The first kappa shape index (κ1) is 23.4. The molecule has 2 aromatic carbocycles. The maximum atomic E-state index is 13.3. The van der Waals surface area contributed by atoms with Crippen molar-refractivity contribution in [3.63, 3.8) is 0 Å². The SMILES string of the molecule is CC[C@H](C(=O)NC1CCCC1)N(Cc1ccccc1)C(=O)CSCc1ccccc1C. The topological polar surface area (TPSA) is 49.4 Å². The second-order valence-electron chi connectivity index (χ2n) is 8.34. The second kappa shape index (κ2) is 11.9. The first-order valence-electron chi connectivity index (χ1n) is 11.3. The zero-order chi connectivity index (χ0) is 22.1. The van der Waals surface area contributed by atoms with Gasteiger partial charge in [0.1, 0.15) is 6.04 Å². The lowest BCUT2D eigenvalue weighted by Gasteiger charge is -2.31. The van der Waals surface area contributed by atoms with Gasteiger partial charge in [-0.1, -0.05) is 74.4 Å². The fraction of sp³-hybridized carbons (Fsp3) is 0.462. The Bertz CT molecular complexity index is 849. The monoisotopic (exact) mass is 438 g/mol. The average Bonchev–Trinajstić information content (AvgIpc) is 3.28. The lowest BCUT2D eigenvalue weighted by Crippen LogP contribution is -2.51. The van der Waals surface area contributed by atoms with Gasteiger partial charge in [-0.15, -0.1) is 11.8 Å². The number of aryl methyl sites for hydroxylation is 1. The lowest BCUT2D eigenvalue weighted by atomic mass is 10.1. The molecule has 2 aromatic rings. The zero-order valence-corrected chi connectivity index (χ0v) is 19.5. The van der Waals surface area contributed by atoms with Crippen LogP contribution in [0.4, 0.5) is 0 Å². The van der Waals surface area contributed by atoms with Crippen LogP contribution in [-0.2, 0) is 21.9 Å². The molecule has 0 spiro atoms. The van der Waals surface area contributed by atoms with Crippen LogP contribution in [-0.4, -0.2) is 34.6 Å². The van der Waals surface area contributed by atoms with Crippen molar-refractivity contribution in [2.45, 2.75) is 70.3 Å². The van der Waals surface area contributed by atoms with Crippen molar-refractivity contribution in [1.29, 1.82) is 0 Å². The van der Waals surface area contributed by atoms with E-state index in [-0.39, 0.29) is 17.9 Å². The summed E-state index contributed by atoms with van der Waals surface area (Å²) in [6.45, 7) is 4.55. The van der Waals surface area contributed by atoms with E-state index in [1.165, 1.54) is 24.0 Å². The third-order valence-corrected chi connectivity index (χ3v) is 6.99. The van der Waals surface area contributed by atoms with E-state index in [4.69, 9.17) is 0 Å². The molecule has 5 heteroatoms. The van der Waals surface area contributed by atoms with Gasteiger partial charge in [-0.3, -0.25) is 9.59 Å². The molecule has 2 amide bonds. The van der Waals surface area contributed by atoms with Crippen LogP contribution in [0.25, 0.3) is 0 Å². The summed E-state index contributed by atoms with van der Waals surface area (Å²) in [6, 6.07) is 18.0. The molecule has 1 N–H and O–H groups in total. The van der Waals surface area contributed by atoms with E-state index in [0.29, 0.717) is 18.7 Å². The number of rotatable bonds is 10. The van der Waals surface area contributed by atoms with Crippen molar-refractivity contribution in [1.82, 2.24) is 10.2 Å². The minimum absolute atomic E-state index is 0.0115. The molecule has 31 heavy (non-hydrogen) atoms. The molecule has 0 aromatic heterocycles. The fourth-order valence-corrected chi connectivity index (χ4v) is 5.16. The zero-order valence-electron chi connectivity index (χ0n) is 18.7. The van der Waals surface area contributed by atoms with Gasteiger partial charge in [0.25, 0.3) is 0 Å². The van der Waals surface area contributed by atoms with Gasteiger partial charge in [-0.05, 0) is 42.9 Å². The van der Waals surface area contributed by atoms with Gasteiger partial charge in [0, 0.05) is 18.3 Å². The summed E-state index contributed by atoms with van der Waals surface area (Å²) in [6.07, 6.45) is 5.04. The van der Waals surface area contributed by atoms with E-state index in [1.807, 2.05) is 49.4 Å². The van der Waals surface area contributed by atoms with Gasteiger partial charge in [0.2, 0.25) is 11.8 Å². The normalized spacial score (nSPS) is 14.9. The summed E-state index contributed by atoms with van der Waals surface area (Å²) < 4.78 is 0. The molecule has 0 bridgehead atoms. The number of amides is 2. The van der Waals surface area contributed by atoms with Gasteiger partial charge in [0.15, 0.2) is 0 Å². The van der Waals surface area contributed by atoms with Gasteiger partial charge >= 0.3 is 0 Å². The Morgan fingerprint density at radius 3 is 2.42 bits per heavy atom.